The molecule has 34 heavy (non-hydrogen) atoms. The number of amides is 1. The van der Waals surface area contributed by atoms with Gasteiger partial charge in [0, 0.05) is 19.0 Å². The third kappa shape index (κ3) is 5.76. The third-order valence-electron chi connectivity index (χ3n) is 5.93. The van der Waals surface area contributed by atoms with Crippen molar-refractivity contribution in [2.45, 2.75) is 37.6 Å². The Hall–Kier alpha value is -2.49. The van der Waals surface area contributed by atoms with Gasteiger partial charge in [0.05, 0.1) is 36.8 Å². The first-order chi connectivity index (χ1) is 16.2. The summed E-state index contributed by atoms with van der Waals surface area (Å²) < 4.78 is 43.5. The fraction of sp³-hybridized carbons (Fsp3) is 0.458. The molecule has 10 heteroatoms. The summed E-state index contributed by atoms with van der Waals surface area (Å²) in [7, 11) is -0.577. The van der Waals surface area contributed by atoms with Gasteiger partial charge in [-0.15, -0.1) is 0 Å². The average Bonchev–Trinajstić information content (AvgIpc) is 2.84. The Labute approximate surface area is 206 Å². The molecule has 1 aliphatic heterocycles. The number of benzene rings is 2. The average molecular weight is 511 g/mol. The molecule has 1 heterocycles. The molecule has 1 saturated heterocycles. The highest BCUT2D eigenvalue weighted by Crippen LogP contribution is 2.32. The topological polar surface area (TPSA) is 94.2 Å². The zero-order valence-corrected chi connectivity index (χ0v) is 21.4. The lowest BCUT2D eigenvalue weighted by Gasteiger charge is -2.31. The Morgan fingerprint density at radius 3 is 2.32 bits per heavy atom. The van der Waals surface area contributed by atoms with Gasteiger partial charge in [-0.3, -0.25) is 4.79 Å². The first-order valence-electron chi connectivity index (χ1n) is 11.2. The van der Waals surface area contributed by atoms with E-state index >= 15 is 0 Å². The molecule has 1 N–H and O–H groups in total. The smallest absolute Gasteiger partial charge is 0.243 e. The lowest BCUT2D eigenvalue weighted by molar-refractivity contribution is -0.126. The lowest BCUT2D eigenvalue weighted by Crippen LogP contribution is -2.43. The van der Waals surface area contributed by atoms with Crippen molar-refractivity contribution < 1.29 is 27.4 Å². The van der Waals surface area contributed by atoms with Crippen LogP contribution in [-0.2, 0) is 14.8 Å². The molecule has 1 aliphatic rings. The van der Waals surface area contributed by atoms with Crippen LogP contribution in [0, 0.1) is 5.92 Å². The monoisotopic (exact) mass is 510 g/mol. The molecule has 1 amide bonds. The number of ether oxygens (including phenoxy) is 3. The second-order valence-corrected chi connectivity index (χ2v) is 10.4. The maximum absolute atomic E-state index is 13.1. The third-order valence-corrected chi connectivity index (χ3v) is 8.12. The fourth-order valence-electron chi connectivity index (χ4n) is 3.96. The van der Waals surface area contributed by atoms with E-state index in [0.29, 0.717) is 36.7 Å². The molecule has 0 bridgehead atoms. The highest BCUT2D eigenvalue weighted by Gasteiger charge is 2.33. The van der Waals surface area contributed by atoms with Crippen LogP contribution < -0.4 is 19.5 Å². The number of carbonyl (C=O) groups is 1. The predicted molar refractivity (Wildman–Crippen MR) is 130 cm³/mol. The summed E-state index contributed by atoms with van der Waals surface area (Å²) in [6.45, 7) is 4.68. The van der Waals surface area contributed by atoms with Gasteiger partial charge in [0.2, 0.25) is 15.9 Å². The van der Waals surface area contributed by atoms with Crippen molar-refractivity contribution in [1.29, 1.82) is 0 Å². The molecule has 1 fully saturated rings. The number of carbonyl (C=O) groups excluding carboxylic acids is 1. The van der Waals surface area contributed by atoms with Crippen LogP contribution in [0.15, 0.2) is 41.3 Å². The zero-order valence-electron chi connectivity index (χ0n) is 19.8. The molecule has 3 rings (SSSR count). The molecule has 0 radical (unpaired) electrons. The highest BCUT2D eigenvalue weighted by atomic mass is 35.5. The quantitative estimate of drug-likeness (QED) is 0.547. The number of hydrogen-bond acceptors (Lipinski definition) is 6. The van der Waals surface area contributed by atoms with Gasteiger partial charge in [0.25, 0.3) is 0 Å². The number of hydrogen-bond donors (Lipinski definition) is 1. The van der Waals surface area contributed by atoms with Crippen LogP contribution in [0.25, 0.3) is 0 Å². The van der Waals surface area contributed by atoms with Gasteiger partial charge in [-0.1, -0.05) is 17.7 Å². The standard InChI is InChI=1S/C24H31ClN2O6S/c1-5-33-21-9-7-19(15-20(21)25)34(29,30)27-12-10-17(11-13-27)24(28)26-16(2)18-6-8-22(31-3)23(14-18)32-4/h6-9,14-17H,5,10-13H2,1-4H3,(H,26,28)/t16-/m1/s1. The second-order valence-electron chi connectivity index (χ2n) is 8.05. The first kappa shape index (κ1) is 26.1. The van der Waals surface area contributed by atoms with E-state index in [9.17, 15) is 13.2 Å². The van der Waals surface area contributed by atoms with Crippen LogP contribution >= 0.6 is 11.6 Å². The highest BCUT2D eigenvalue weighted by molar-refractivity contribution is 7.89. The summed E-state index contributed by atoms with van der Waals surface area (Å²) in [5.41, 5.74) is 0.887. The second kappa shape index (κ2) is 11.3. The van der Waals surface area contributed by atoms with E-state index in [1.807, 2.05) is 26.0 Å². The van der Waals surface area contributed by atoms with Crippen LogP contribution in [0.3, 0.4) is 0 Å². The van der Waals surface area contributed by atoms with Crippen molar-refractivity contribution in [1.82, 2.24) is 9.62 Å². The van der Waals surface area contributed by atoms with Crippen LogP contribution in [0.4, 0.5) is 0 Å². The number of halogens is 1. The summed E-state index contributed by atoms with van der Waals surface area (Å²) >= 11 is 6.18. The van der Waals surface area contributed by atoms with E-state index in [2.05, 4.69) is 5.32 Å². The van der Waals surface area contributed by atoms with Gasteiger partial charge < -0.3 is 19.5 Å². The SMILES string of the molecule is CCOc1ccc(S(=O)(=O)N2CCC(C(=O)N[C@H](C)c3ccc(OC)c(OC)c3)CC2)cc1Cl. The molecule has 186 valence electrons. The Kier molecular flexibility index (Phi) is 8.67. The van der Waals surface area contributed by atoms with Crippen molar-refractivity contribution in [2.24, 2.45) is 5.92 Å². The summed E-state index contributed by atoms with van der Waals surface area (Å²) in [5.74, 6) is 1.30. The summed E-state index contributed by atoms with van der Waals surface area (Å²) in [6, 6.07) is 9.74. The summed E-state index contributed by atoms with van der Waals surface area (Å²) in [4.78, 5) is 13.0. The van der Waals surface area contributed by atoms with Crippen molar-refractivity contribution in [3.8, 4) is 17.2 Å². The van der Waals surface area contributed by atoms with Crippen LogP contribution in [0.2, 0.25) is 5.02 Å². The number of methoxy groups -OCH3 is 2. The Bertz CT molecular complexity index is 1120. The van der Waals surface area contributed by atoms with Crippen molar-refractivity contribution in [3.05, 3.63) is 47.0 Å². The first-order valence-corrected chi connectivity index (χ1v) is 13.0. The molecule has 2 aromatic carbocycles. The largest absolute Gasteiger partial charge is 0.493 e. The number of nitrogens with one attached hydrogen (secondary N) is 1. The van der Waals surface area contributed by atoms with Gasteiger partial charge in [-0.05, 0) is 62.6 Å². The van der Waals surface area contributed by atoms with E-state index in [-0.39, 0.29) is 40.9 Å². The molecule has 0 aliphatic carbocycles. The Morgan fingerprint density at radius 1 is 1.09 bits per heavy atom. The van der Waals surface area contributed by atoms with E-state index < -0.39 is 10.0 Å². The van der Waals surface area contributed by atoms with Crippen molar-refractivity contribution >= 4 is 27.5 Å². The number of nitrogens with zero attached hydrogens (tertiary/aromatic N) is 1. The number of piperidine rings is 1. The minimum absolute atomic E-state index is 0.0940. The molecule has 2 aromatic rings. The molecule has 0 spiro atoms. The summed E-state index contributed by atoms with van der Waals surface area (Å²) in [6.07, 6.45) is 0.878. The molecule has 0 aromatic heterocycles. The number of sulfonamides is 1. The van der Waals surface area contributed by atoms with E-state index in [4.69, 9.17) is 25.8 Å². The zero-order chi connectivity index (χ0) is 24.9. The minimum Gasteiger partial charge on any atom is -0.493 e. The molecule has 0 unspecified atom stereocenters. The minimum atomic E-state index is -3.71. The maximum atomic E-state index is 13.1. The number of rotatable bonds is 9. The Balaban J connectivity index is 1.60. The van der Waals surface area contributed by atoms with Gasteiger partial charge in [0.15, 0.2) is 11.5 Å². The molecule has 8 nitrogen and oxygen atoms in total. The van der Waals surface area contributed by atoms with Gasteiger partial charge in [-0.2, -0.15) is 4.31 Å². The van der Waals surface area contributed by atoms with E-state index in [1.54, 1.807) is 26.4 Å². The van der Waals surface area contributed by atoms with Crippen LogP contribution in [0.1, 0.15) is 38.3 Å². The van der Waals surface area contributed by atoms with Gasteiger partial charge in [0.1, 0.15) is 5.75 Å². The van der Waals surface area contributed by atoms with Gasteiger partial charge >= 0.3 is 0 Å². The summed E-state index contributed by atoms with van der Waals surface area (Å²) in [5, 5.41) is 3.28. The van der Waals surface area contributed by atoms with Gasteiger partial charge in [-0.25, -0.2) is 8.42 Å². The maximum Gasteiger partial charge on any atom is 0.243 e. The van der Waals surface area contributed by atoms with E-state index in [0.717, 1.165) is 5.56 Å². The van der Waals surface area contributed by atoms with Crippen LogP contribution in [-0.4, -0.2) is 52.5 Å². The Morgan fingerprint density at radius 2 is 1.74 bits per heavy atom. The molecular weight excluding hydrogens is 480 g/mol. The van der Waals surface area contributed by atoms with E-state index in [1.165, 1.54) is 16.4 Å². The van der Waals surface area contributed by atoms with Crippen LogP contribution in [0.5, 0.6) is 17.2 Å². The molecular formula is C24H31ClN2O6S. The molecule has 0 saturated carbocycles. The normalized spacial score (nSPS) is 16.0. The van der Waals surface area contributed by atoms with Crippen molar-refractivity contribution in [2.75, 3.05) is 33.9 Å². The lowest BCUT2D eigenvalue weighted by atomic mass is 9.96. The predicted octanol–water partition coefficient (Wildman–Crippen LogP) is 4.03. The van der Waals surface area contributed by atoms with Crippen molar-refractivity contribution in [3.63, 3.8) is 0 Å². The fourth-order valence-corrected chi connectivity index (χ4v) is 5.75. The molecule has 1 atom stereocenters.